The summed E-state index contributed by atoms with van der Waals surface area (Å²) >= 11 is 6.21. The molecule has 1 aromatic carbocycles. The maximum atomic E-state index is 12.4. The van der Waals surface area contributed by atoms with Gasteiger partial charge in [0.1, 0.15) is 0 Å². The summed E-state index contributed by atoms with van der Waals surface area (Å²) in [4.78, 5) is 12.4. The number of hydrogen-bond donors (Lipinski definition) is 1. The minimum absolute atomic E-state index is 0.143. The standard InChI is InChI=1S/C18H24ClN3O3/c1-13-17(18(23)20-8-9-25-11-10-24-3)14(2)22(21-13)12-15-6-4-5-7-16(15)19/h4-7H,8-12H2,1-3H3,(H,20,23). The third kappa shape index (κ3) is 5.29. The molecule has 1 amide bonds. The van der Waals surface area contributed by atoms with E-state index in [9.17, 15) is 4.79 Å². The lowest BCUT2D eigenvalue weighted by Crippen LogP contribution is -2.28. The Morgan fingerprint density at radius 2 is 2.00 bits per heavy atom. The number of hydrogen-bond acceptors (Lipinski definition) is 4. The van der Waals surface area contributed by atoms with E-state index in [1.807, 2.05) is 38.1 Å². The number of ether oxygens (including phenoxy) is 2. The molecule has 2 rings (SSSR count). The van der Waals surface area contributed by atoms with E-state index in [1.165, 1.54) is 0 Å². The summed E-state index contributed by atoms with van der Waals surface area (Å²) in [5.41, 5.74) is 3.08. The van der Waals surface area contributed by atoms with Crippen LogP contribution in [0, 0.1) is 13.8 Å². The van der Waals surface area contributed by atoms with Crippen molar-refractivity contribution < 1.29 is 14.3 Å². The van der Waals surface area contributed by atoms with Gasteiger partial charge in [0.15, 0.2) is 0 Å². The highest BCUT2D eigenvalue weighted by Crippen LogP contribution is 2.19. The molecule has 6 nitrogen and oxygen atoms in total. The summed E-state index contributed by atoms with van der Waals surface area (Å²) in [6.45, 7) is 6.19. The summed E-state index contributed by atoms with van der Waals surface area (Å²) in [5, 5.41) is 8.04. The Labute approximate surface area is 153 Å². The smallest absolute Gasteiger partial charge is 0.255 e. The fraction of sp³-hybridized carbons (Fsp3) is 0.444. The van der Waals surface area contributed by atoms with E-state index >= 15 is 0 Å². The number of amides is 1. The summed E-state index contributed by atoms with van der Waals surface area (Å²) in [5.74, 6) is -0.143. The highest BCUT2D eigenvalue weighted by Gasteiger charge is 2.18. The van der Waals surface area contributed by atoms with Crippen molar-refractivity contribution in [1.29, 1.82) is 0 Å². The maximum absolute atomic E-state index is 12.4. The Morgan fingerprint density at radius 1 is 1.24 bits per heavy atom. The predicted molar refractivity (Wildman–Crippen MR) is 97.3 cm³/mol. The van der Waals surface area contributed by atoms with Crippen LogP contribution >= 0.6 is 11.6 Å². The van der Waals surface area contributed by atoms with Crippen LogP contribution in [0.3, 0.4) is 0 Å². The van der Waals surface area contributed by atoms with Gasteiger partial charge < -0.3 is 14.8 Å². The minimum Gasteiger partial charge on any atom is -0.382 e. The molecule has 0 aliphatic rings. The van der Waals surface area contributed by atoms with Gasteiger partial charge in [-0.15, -0.1) is 0 Å². The number of carbonyl (C=O) groups excluding carboxylic acids is 1. The van der Waals surface area contributed by atoms with Crippen LogP contribution in [0.2, 0.25) is 5.02 Å². The lowest BCUT2D eigenvalue weighted by Gasteiger charge is -2.08. The molecular weight excluding hydrogens is 342 g/mol. The second-order valence-corrected chi connectivity index (χ2v) is 6.06. The summed E-state index contributed by atoms with van der Waals surface area (Å²) in [6.07, 6.45) is 0. The summed E-state index contributed by atoms with van der Waals surface area (Å²) in [6, 6.07) is 7.63. The van der Waals surface area contributed by atoms with E-state index in [1.54, 1.807) is 11.8 Å². The van der Waals surface area contributed by atoms with Crippen LogP contribution in [0.25, 0.3) is 0 Å². The average molecular weight is 366 g/mol. The van der Waals surface area contributed by atoms with Crippen LogP contribution < -0.4 is 5.32 Å². The number of nitrogens with zero attached hydrogens (tertiary/aromatic N) is 2. The van der Waals surface area contributed by atoms with Gasteiger partial charge in [0, 0.05) is 24.4 Å². The second-order valence-electron chi connectivity index (χ2n) is 5.66. The second kappa shape index (κ2) is 9.56. The maximum Gasteiger partial charge on any atom is 0.255 e. The number of carbonyl (C=O) groups is 1. The topological polar surface area (TPSA) is 65.4 Å². The van der Waals surface area contributed by atoms with E-state index in [-0.39, 0.29) is 5.91 Å². The number of halogens is 1. The van der Waals surface area contributed by atoms with Gasteiger partial charge in [-0.3, -0.25) is 9.48 Å². The van der Waals surface area contributed by atoms with Gasteiger partial charge in [-0.2, -0.15) is 5.10 Å². The molecule has 136 valence electrons. The van der Waals surface area contributed by atoms with Crippen LogP contribution in [0.1, 0.15) is 27.3 Å². The Balaban J connectivity index is 1.99. The Morgan fingerprint density at radius 3 is 2.72 bits per heavy atom. The van der Waals surface area contributed by atoms with Crippen molar-refractivity contribution >= 4 is 17.5 Å². The van der Waals surface area contributed by atoms with Crippen molar-refractivity contribution in [2.45, 2.75) is 20.4 Å². The molecule has 1 N–H and O–H groups in total. The molecular formula is C18H24ClN3O3. The van der Waals surface area contributed by atoms with Gasteiger partial charge >= 0.3 is 0 Å². The highest BCUT2D eigenvalue weighted by molar-refractivity contribution is 6.31. The van der Waals surface area contributed by atoms with Crippen LogP contribution in [0.4, 0.5) is 0 Å². The summed E-state index contributed by atoms with van der Waals surface area (Å²) < 4.78 is 12.0. The lowest BCUT2D eigenvalue weighted by atomic mass is 10.1. The molecule has 0 aliphatic heterocycles. The van der Waals surface area contributed by atoms with Gasteiger partial charge in [-0.25, -0.2) is 0 Å². The SMILES string of the molecule is COCCOCCNC(=O)c1c(C)nn(Cc2ccccc2Cl)c1C. The Bertz CT molecular complexity index is 716. The van der Waals surface area contributed by atoms with Crippen molar-refractivity contribution in [2.24, 2.45) is 0 Å². The van der Waals surface area contributed by atoms with Gasteiger partial charge in [0.2, 0.25) is 0 Å². The molecule has 0 atom stereocenters. The first-order valence-electron chi connectivity index (χ1n) is 8.17. The zero-order valence-electron chi connectivity index (χ0n) is 14.8. The highest BCUT2D eigenvalue weighted by atomic mass is 35.5. The molecule has 25 heavy (non-hydrogen) atoms. The molecule has 2 aromatic rings. The fourth-order valence-corrected chi connectivity index (χ4v) is 2.73. The number of aryl methyl sites for hydroxylation is 1. The number of methoxy groups -OCH3 is 1. The molecule has 7 heteroatoms. The molecule has 0 spiro atoms. The average Bonchev–Trinajstić information content (AvgIpc) is 2.86. The van der Waals surface area contributed by atoms with Crippen LogP contribution in [-0.4, -0.2) is 49.2 Å². The van der Waals surface area contributed by atoms with Crippen molar-refractivity contribution in [1.82, 2.24) is 15.1 Å². The monoisotopic (exact) mass is 365 g/mol. The minimum atomic E-state index is -0.143. The number of nitrogens with one attached hydrogen (secondary N) is 1. The van der Waals surface area contributed by atoms with Crippen molar-refractivity contribution in [2.75, 3.05) is 33.5 Å². The van der Waals surface area contributed by atoms with Crippen molar-refractivity contribution in [3.05, 3.63) is 51.8 Å². The number of benzene rings is 1. The zero-order chi connectivity index (χ0) is 18.2. The summed E-state index contributed by atoms with van der Waals surface area (Å²) in [7, 11) is 1.62. The zero-order valence-corrected chi connectivity index (χ0v) is 15.6. The van der Waals surface area contributed by atoms with Gasteiger partial charge in [-0.1, -0.05) is 29.8 Å². The Kier molecular flexibility index (Phi) is 7.43. The van der Waals surface area contributed by atoms with Crippen molar-refractivity contribution in [3.63, 3.8) is 0 Å². The van der Waals surface area contributed by atoms with Crippen LogP contribution in [0.5, 0.6) is 0 Å². The van der Waals surface area contributed by atoms with Crippen molar-refractivity contribution in [3.8, 4) is 0 Å². The molecule has 0 saturated heterocycles. The fourth-order valence-electron chi connectivity index (χ4n) is 2.54. The number of aromatic nitrogens is 2. The van der Waals surface area contributed by atoms with Crippen LogP contribution in [-0.2, 0) is 16.0 Å². The van der Waals surface area contributed by atoms with E-state index in [0.717, 1.165) is 11.3 Å². The van der Waals surface area contributed by atoms with E-state index in [4.69, 9.17) is 21.1 Å². The third-order valence-electron chi connectivity index (χ3n) is 3.85. The molecule has 0 unspecified atom stereocenters. The van der Waals surface area contributed by atoms with E-state index in [0.29, 0.717) is 49.2 Å². The van der Waals surface area contributed by atoms with E-state index < -0.39 is 0 Å². The number of rotatable bonds is 9. The molecule has 0 saturated carbocycles. The molecule has 1 aromatic heterocycles. The first-order chi connectivity index (χ1) is 12.0. The largest absolute Gasteiger partial charge is 0.382 e. The van der Waals surface area contributed by atoms with Gasteiger partial charge in [0.25, 0.3) is 5.91 Å². The quantitative estimate of drug-likeness (QED) is 0.694. The van der Waals surface area contributed by atoms with Gasteiger partial charge in [0.05, 0.1) is 37.6 Å². The molecule has 1 heterocycles. The normalized spacial score (nSPS) is 10.9. The molecule has 0 aliphatic carbocycles. The first-order valence-corrected chi connectivity index (χ1v) is 8.54. The molecule has 0 fully saturated rings. The van der Waals surface area contributed by atoms with Crippen LogP contribution in [0.15, 0.2) is 24.3 Å². The molecule has 0 bridgehead atoms. The first kappa shape index (κ1) is 19.4. The van der Waals surface area contributed by atoms with Gasteiger partial charge in [-0.05, 0) is 25.5 Å². The van der Waals surface area contributed by atoms with E-state index in [2.05, 4.69) is 10.4 Å². The Hall–Kier alpha value is -1.89. The molecule has 0 radical (unpaired) electrons. The predicted octanol–water partition coefficient (Wildman–Crippen LogP) is 2.59. The lowest BCUT2D eigenvalue weighted by molar-refractivity contribution is 0.0692. The third-order valence-corrected chi connectivity index (χ3v) is 4.22.